The molecule has 0 aliphatic rings. The van der Waals surface area contributed by atoms with Crippen molar-refractivity contribution in [2.45, 2.75) is 43.7 Å². The molecule has 2 aromatic rings. The lowest BCUT2D eigenvalue weighted by Crippen LogP contribution is -2.45. The second-order valence-electron chi connectivity index (χ2n) is 7.65. The van der Waals surface area contributed by atoms with E-state index in [9.17, 15) is 18.0 Å². The van der Waals surface area contributed by atoms with Crippen LogP contribution in [0.15, 0.2) is 53.4 Å². The predicted octanol–water partition coefficient (Wildman–Crippen LogP) is 3.75. The fourth-order valence-electron chi connectivity index (χ4n) is 2.67. The number of halogens is 1. The molecule has 0 unspecified atom stereocenters. The van der Waals surface area contributed by atoms with Crippen molar-refractivity contribution in [3.05, 3.63) is 59.1 Å². The van der Waals surface area contributed by atoms with Gasteiger partial charge in [-0.05, 0) is 56.7 Å². The number of hydrogen-bond acceptors (Lipinski definition) is 6. The Kier molecular flexibility index (Phi) is 7.91. The van der Waals surface area contributed by atoms with Gasteiger partial charge in [0.05, 0.1) is 12.0 Å². The second kappa shape index (κ2) is 10.0. The third-order valence-corrected chi connectivity index (χ3v) is 5.69. The van der Waals surface area contributed by atoms with Crippen LogP contribution in [-0.2, 0) is 30.7 Å². The first-order chi connectivity index (χ1) is 14.4. The minimum absolute atomic E-state index is 0.0372. The zero-order chi connectivity index (χ0) is 23.2. The molecule has 168 valence electrons. The summed E-state index contributed by atoms with van der Waals surface area (Å²) in [4.78, 5) is 24.3. The molecule has 0 saturated carbocycles. The van der Waals surface area contributed by atoms with E-state index in [0.717, 1.165) is 0 Å². The lowest BCUT2D eigenvalue weighted by molar-refractivity contribution is -0.143. The Bertz CT molecular complexity index is 1030. The Balaban J connectivity index is 2.29. The van der Waals surface area contributed by atoms with Gasteiger partial charge in [0, 0.05) is 17.1 Å². The SMILES string of the molecule is COC(=O)[C@H](Cc1ccccc1S(=O)(=O)Nc1ccc(Cl)cc1)NC(=O)OC(C)(C)C. The number of nitrogens with one attached hydrogen (secondary N) is 2. The molecule has 0 aromatic heterocycles. The van der Waals surface area contributed by atoms with Gasteiger partial charge in [-0.1, -0.05) is 29.8 Å². The standard InChI is InChI=1S/C21H25ClN2O6S/c1-21(2,3)30-20(26)23-17(19(25)29-4)13-14-7-5-6-8-18(14)31(27,28)24-16-11-9-15(22)10-12-16/h5-12,17,24H,13H2,1-4H3,(H,23,26)/t17-/m0/s1. The van der Waals surface area contributed by atoms with Crippen LogP contribution in [0.3, 0.4) is 0 Å². The Hall–Kier alpha value is -2.78. The molecule has 1 amide bonds. The van der Waals surface area contributed by atoms with Gasteiger partial charge in [-0.3, -0.25) is 4.72 Å². The molecular formula is C21H25ClN2O6S. The third kappa shape index (κ3) is 7.45. The number of esters is 1. The van der Waals surface area contributed by atoms with Crippen LogP contribution in [0.25, 0.3) is 0 Å². The molecule has 0 spiro atoms. The number of carbonyl (C=O) groups is 2. The number of ether oxygens (including phenoxy) is 2. The molecule has 8 nitrogen and oxygen atoms in total. The molecule has 0 fully saturated rings. The molecule has 2 aromatic carbocycles. The number of methoxy groups -OCH3 is 1. The number of alkyl carbamates (subject to hydrolysis) is 1. The molecule has 0 saturated heterocycles. The van der Waals surface area contributed by atoms with E-state index in [4.69, 9.17) is 21.1 Å². The molecule has 0 radical (unpaired) electrons. The maximum atomic E-state index is 13.0. The van der Waals surface area contributed by atoms with Gasteiger partial charge in [0.25, 0.3) is 10.0 Å². The summed E-state index contributed by atoms with van der Waals surface area (Å²) < 4.78 is 38.4. The Morgan fingerprint density at radius 1 is 1.06 bits per heavy atom. The highest BCUT2D eigenvalue weighted by Crippen LogP contribution is 2.22. The van der Waals surface area contributed by atoms with Gasteiger partial charge < -0.3 is 14.8 Å². The molecule has 1 atom stereocenters. The minimum Gasteiger partial charge on any atom is -0.467 e. The van der Waals surface area contributed by atoms with Gasteiger partial charge in [-0.15, -0.1) is 0 Å². The maximum Gasteiger partial charge on any atom is 0.408 e. The molecule has 0 aliphatic carbocycles. The van der Waals surface area contributed by atoms with Crippen LogP contribution < -0.4 is 10.0 Å². The van der Waals surface area contributed by atoms with Gasteiger partial charge in [0.15, 0.2) is 0 Å². The van der Waals surface area contributed by atoms with Crippen LogP contribution in [0.5, 0.6) is 0 Å². The number of sulfonamides is 1. The lowest BCUT2D eigenvalue weighted by atomic mass is 10.1. The summed E-state index contributed by atoms with van der Waals surface area (Å²) in [7, 11) is -2.80. The maximum absolute atomic E-state index is 13.0. The summed E-state index contributed by atoms with van der Waals surface area (Å²) in [5, 5.41) is 2.91. The van der Waals surface area contributed by atoms with Crippen LogP contribution >= 0.6 is 11.6 Å². The van der Waals surface area contributed by atoms with Crippen molar-refractivity contribution in [3.8, 4) is 0 Å². The quantitative estimate of drug-likeness (QED) is 0.599. The van der Waals surface area contributed by atoms with Crippen LogP contribution in [0, 0.1) is 0 Å². The number of hydrogen-bond donors (Lipinski definition) is 2. The molecule has 0 aliphatic heterocycles. The van der Waals surface area contributed by atoms with Gasteiger partial charge in [-0.25, -0.2) is 18.0 Å². The number of carbonyl (C=O) groups excluding carboxylic acids is 2. The molecular weight excluding hydrogens is 444 g/mol. The summed E-state index contributed by atoms with van der Waals surface area (Å²) in [5.74, 6) is -0.733. The van der Waals surface area contributed by atoms with Crippen LogP contribution in [0.2, 0.25) is 5.02 Å². The van der Waals surface area contributed by atoms with E-state index >= 15 is 0 Å². The highest BCUT2D eigenvalue weighted by atomic mass is 35.5. The van der Waals surface area contributed by atoms with E-state index in [1.807, 2.05) is 0 Å². The number of rotatable bonds is 7. The summed E-state index contributed by atoms with van der Waals surface area (Å²) in [6.45, 7) is 5.05. The van der Waals surface area contributed by atoms with E-state index in [1.165, 1.54) is 25.3 Å². The largest absolute Gasteiger partial charge is 0.467 e. The summed E-state index contributed by atoms with van der Waals surface area (Å²) in [5.41, 5.74) is -0.125. The zero-order valence-electron chi connectivity index (χ0n) is 17.6. The van der Waals surface area contributed by atoms with Crippen LogP contribution in [0.4, 0.5) is 10.5 Å². The first-order valence-electron chi connectivity index (χ1n) is 9.35. The highest BCUT2D eigenvalue weighted by molar-refractivity contribution is 7.92. The number of anilines is 1. The monoisotopic (exact) mass is 468 g/mol. The van der Waals surface area contributed by atoms with Crippen molar-refractivity contribution in [1.29, 1.82) is 0 Å². The third-order valence-electron chi connectivity index (χ3n) is 3.96. The minimum atomic E-state index is -3.98. The Morgan fingerprint density at radius 2 is 1.68 bits per heavy atom. The predicted molar refractivity (Wildman–Crippen MR) is 118 cm³/mol. The van der Waals surface area contributed by atoms with Crippen molar-refractivity contribution in [2.75, 3.05) is 11.8 Å². The smallest absolute Gasteiger partial charge is 0.408 e. The van der Waals surface area contributed by atoms with E-state index in [1.54, 1.807) is 51.1 Å². The van der Waals surface area contributed by atoms with Gasteiger partial charge in [0.2, 0.25) is 0 Å². The van der Waals surface area contributed by atoms with Crippen LogP contribution in [0.1, 0.15) is 26.3 Å². The van der Waals surface area contributed by atoms with Crippen molar-refractivity contribution in [1.82, 2.24) is 5.32 Å². The number of amides is 1. The Morgan fingerprint density at radius 3 is 2.26 bits per heavy atom. The normalized spacial score (nSPS) is 12.5. The average molecular weight is 469 g/mol. The van der Waals surface area contributed by atoms with E-state index in [-0.39, 0.29) is 11.3 Å². The van der Waals surface area contributed by atoms with Gasteiger partial charge >= 0.3 is 12.1 Å². The lowest BCUT2D eigenvalue weighted by Gasteiger charge is -2.23. The topological polar surface area (TPSA) is 111 Å². The zero-order valence-corrected chi connectivity index (χ0v) is 19.2. The van der Waals surface area contributed by atoms with Crippen molar-refractivity contribution in [3.63, 3.8) is 0 Å². The molecule has 10 heteroatoms. The van der Waals surface area contributed by atoms with Gasteiger partial charge in [0.1, 0.15) is 11.6 Å². The number of benzene rings is 2. The van der Waals surface area contributed by atoms with E-state index < -0.39 is 33.7 Å². The molecule has 2 N–H and O–H groups in total. The molecule has 0 heterocycles. The highest BCUT2D eigenvalue weighted by Gasteiger charge is 2.28. The molecule has 2 rings (SSSR count). The van der Waals surface area contributed by atoms with Gasteiger partial charge in [-0.2, -0.15) is 0 Å². The molecule has 0 bridgehead atoms. The van der Waals surface area contributed by atoms with Crippen molar-refractivity contribution in [2.24, 2.45) is 0 Å². The van der Waals surface area contributed by atoms with Crippen molar-refractivity contribution < 1.29 is 27.5 Å². The second-order valence-corrected chi connectivity index (χ2v) is 9.73. The fraction of sp³-hybridized carbons (Fsp3) is 0.333. The van der Waals surface area contributed by atoms with Crippen LogP contribution in [-0.4, -0.2) is 39.2 Å². The van der Waals surface area contributed by atoms with E-state index in [2.05, 4.69) is 10.0 Å². The molecule has 31 heavy (non-hydrogen) atoms. The average Bonchev–Trinajstić information content (AvgIpc) is 2.67. The summed E-state index contributed by atoms with van der Waals surface area (Å²) >= 11 is 5.84. The summed E-state index contributed by atoms with van der Waals surface area (Å²) in [6, 6.07) is 11.2. The fourth-order valence-corrected chi connectivity index (χ4v) is 4.10. The Labute approximate surface area is 186 Å². The first kappa shape index (κ1) is 24.5. The van der Waals surface area contributed by atoms with Crippen molar-refractivity contribution >= 4 is 39.4 Å². The van der Waals surface area contributed by atoms with E-state index in [0.29, 0.717) is 16.3 Å². The summed E-state index contributed by atoms with van der Waals surface area (Å²) in [6.07, 6.45) is -0.939. The first-order valence-corrected chi connectivity index (χ1v) is 11.2.